The van der Waals surface area contributed by atoms with E-state index in [1.807, 2.05) is 0 Å². The minimum Gasteiger partial charge on any atom is -0.365 e. The molecular formula is C24H21FN8O2. The number of nitrogens with zero attached hydrogens (tertiary/aromatic N) is 6. The van der Waals surface area contributed by atoms with Crippen molar-refractivity contribution in [2.75, 3.05) is 11.9 Å². The number of anilines is 1. The van der Waals surface area contributed by atoms with E-state index in [0.717, 1.165) is 5.56 Å². The fraction of sp³-hybridized carbons (Fsp3) is 0.208. The number of hydrogen-bond donors (Lipinski definition) is 2. The zero-order chi connectivity index (χ0) is 24.9. The Hall–Kier alpha value is -4.72. The maximum atomic E-state index is 14.7. The van der Waals surface area contributed by atoms with Crippen LogP contribution in [0.25, 0.3) is 22.2 Å². The summed E-state index contributed by atoms with van der Waals surface area (Å²) >= 11 is 0. The molecule has 2 aromatic heterocycles. The van der Waals surface area contributed by atoms with Crippen molar-refractivity contribution in [3.05, 3.63) is 64.7 Å². The van der Waals surface area contributed by atoms with E-state index in [1.54, 1.807) is 52.5 Å². The second-order valence-corrected chi connectivity index (χ2v) is 8.41. The summed E-state index contributed by atoms with van der Waals surface area (Å²) in [6.07, 6.45) is 1.44. The van der Waals surface area contributed by atoms with Gasteiger partial charge < -0.3 is 16.0 Å². The van der Waals surface area contributed by atoms with Gasteiger partial charge in [-0.3, -0.25) is 14.2 Å². The molecule has 3 N–H and O–H groups in total. The zero-order valence-corrected chi connectivity index (χ0v) is 19.0. The van der Waals surface area contributed by atoms with Gasteiger partial charge in [0.05, 0.1) is 53.1 Å². The molecule has 11 heteroatoms. The molecule has 10 nitrogen and oxygen atoms in total. The van der Waals surface area contributed by atoms with Gasteiger partial charge in [-0.1, -0.05) is 0 Å². The minimum atomic E-state index is -0.711. The molecule has 0 saturated heterocycles. The fourth-order valence-corrected chi connectivity index (χ4v) is 4.36. The number of nitrogens with two attached hydrogens (primary N) is 1. The average Bonchev–Trinajstić information content (AvgIpc) is 3.40. The number of aryl methyl sites for hydroxylation is 2. The molecule has 0 atom stereocenters. The first-order valence-corrected chi connectivity index (χ1v) is 10.8. The van der Waals surface area contributed by atoms with E-state index >= 15 is 0 Å². The third-order valence-electron chi connectivity index (χ3n) is 6.20. The highest BCUT2D eigenvalue weighted by atomic mass is 19.1. The summed E-state index contributed by atoms with van der Waals surface area (Å²) in [6.45, 7) is 2.58. The Morgan fingerprint density at radius 3 is 2.74 bits per heavy atom. The number of primary amides is 1. The smallest absolute Gasteiger partial charge is 0.322 e. The molecule has 0 radical (unpaired) electrons. The molecule has 1 aliphatic rings. The van der Waals surface area contributed by atoms with Gasteiger partial charge >= 0.3 is 6.03 Å². The quantitative estimate of drug-likeness (QED) is 0.473. The van der Waals surface area contributed by atoms with Crippen LogP contribution in [0, 0.1) is 24.1 Å². The molecule has 2 aromatic carbocycles. The van der Waals surface area contributed by atoms with Crippen molar-refractivity contribution in [3.8, 4) is 17.3 Å². The first-order chi connectivity index (χ1) is 16.8. The van der Waals surface area contributed by atoms with Gasteiger partial charge in [0.1, 0.15) is 11.5 Å². The largest absolute Gasteiger partial charge is 0.365 e. The second kappa shape index (κ2) is 8.25. The van der Waals surface area contributed by atoms with Gasteiger partial charge in [0.25, 0.3) is 5.91 Å². The number of fused-ring (bicyclic) bond motifs is 2. The number of nitrogens with one attached hydrogen (secondary N) is 1. The van der Waals surface area contributed by atoms with Gasteiger partial charge in [0.2, 0.25) is 0 Å². The van der Waals surface area contributed by atoms with Crippen molar-refractivity contribution >= 4 is 28.5 Å². The molecule has 3 amide bonds. The summed E-state index contributed by atoms with van der Waals surface area (Å²) in [4.78, 5) is 27.0. The molecule has 0 saturated carbocycles. The molecule has 0 unspecified atom stereocenters. The maximum absolute atomic E-state index is 14.7. The van der Waals surface area contributed by atoms with Crippen LogP contribution in [-0.4, -0.2) is 42.9 Å². The van der Waals surface area contributed by atoms with Crippen LogP contribution in [0.15, 0.2) is 36.5 Å². The Kier molecular flexibility index (Phi) is 5.21. The summed E-state index contributed by atoms with van der Waals surface area (Å²) < 4.78 is 17.9. The van der Waals surface area contributed by atoms with E-state index in [0.29, 0.717) is 46.5 Å². The van der Waals surface area contributed by atoms with Crippen LogP contribution in [0.1, 0.15) is 27.2 Å². The third kappa shape index (κ3) is 3.74. The van der Waals surface area contributed by atoms with Gasteiger partial charge in [0.15, 0.2) is 0 Å². The number of hydrogen-bond acceptors (Lipinski definition) is 5. The molecule has 3 heterocycles. The Morgan fingerprint density at radius 2 is 2.03 bits per heavy atom. The topological polar surface area (TPSA) is 135 Å². The summed E-state index contributed by atoms with van der Waals surface area (Å²) in [6, 6.07) is 9.78. The number of rotatable bonds is 3. The van der Waals surface area contributed by atoms with Crippen LogP contribution in [0.4, 0.5) is 14.9 Å². The van der Waals surface area contributed by atoms with Gasteiger partial charge in [-0.05, 0) is 42.8 Å². The lowest BCUT2D eigenvalue weighted by molar-refractivity contribution is 0.0997. The summed E-state index contributed by atoms with van der Waals surface area (Å²) in [5, 5.41) is 20.9. The van der Waals surface area contributed by atoms with E-state index < -0.39 is 11.7 Å². The molecular weight excluding hydrogens is 451 g/mol. The highest BCUT2D eigenvalue weighted by molar-refractivity contribution is 6.01. The highest BCUT2D eigenvalue weighted by Crippen LogP contribution is 2.31. The Bertz CT molecular complexity index is 1560. The number of benzene rings is 2. The predicted molar refractivity (Wildman–Crippen MR) is 126 cm³/mol. The first kappa shape index (κ1) is 22.1. The van der Waals surface area contributed by atoms with Crippen molar-refractivity contribution in [2.45, 2.75) is 20.0 Å². The van der Waals surface area contributed by atoms with E-state index in [4.69, 9.17) is 11.0 Å². The molecule has 4 aromatic rings. The van der Waals surface area contributed by atoms with E-state index in [-0.39, 0.29) is 23.8 Å². The molecule has 0 spiro atoms. The van der Waals surface area contributed by atoms with Crippen molar-refractivity contribution in [3.63, 3.8) is 0 Å². The summed E-state index contributed by atoms with van der Waals surface area (Å²) in [5.41, 5.74) is 9.41. The second-order valence-electron chi connectivity index (χ2n) is 8.41. The third-order valence-corrected chi connectivity index (χ3v) is 6.20. The Labute approximate surface area is 199 Å². The van der Waals surface area contributed by atoms with E-state index in [9.17, 15) is 14.0 Å². The lowest BCUT2D eigenvalue weighted by atomic mass is 10.0. The Morgan fingerprint density at radius 1 is 1.23 bits per heavy atom. The molecule has 0 fully saturated rings. The number of nitriles is 1. The van der Waals surface area contributed by atoms with Crippen LogP contribution >= 0.6 is 0 Å². The number of halogens is 1. The molecule has 5 rings (SSSR count). The SMILES string of the molecule is Cc1cc(NC(=O)N2CCn3nc(-c4cc(F)c5cnn(C)c5c4)c(C(N)=O)c3C2)ccc1C#N. The molecule has 0 bridgehead atoms. The highest BCUT2D eigenvalue weighted by Gasteiger charge is 2.30. The number of amides is 3. The van der Waals surface area contributed by atoms with Crippen molar-refractivity contribution in [1.29, 1.82) is 5.26 Å². The van der Waals surface area contributed by atoms with Crippen LogP contribution in [0.5, 0.6) is 0 Å². The number of aromatic nitrogens is 4. The number of carbonyl (C=O) groups excluding carboxylic acids is 2. The fourth-order valence-electron chi connectivity index (χ4n) is 4.36. The van der Waals surface area contributed by atoms with Crippen LogP contribution < -0.4 is 11.1 Å². The molecule has 1 aliphatic heterocycles. The normalized spacial score (nSPS) is 12.9. The van der Waals surface area contributed by atoms with Crippen molar-refractivity contribution in [1.82, 2.24) is 24.5 Å². The van der Waals surface area contributed by atoms with Crippen LogP contribution in [0.2, 0.25) is 0 Å². The van der Waals surface area contributed by atoms with Gasteiger partial charge in [-0.25, -0.2) is 9.18 Å². The lowest BCUT2D eigenvalue weighted by Crippen LogP contribution is -2.41. The van der Waals surface area contributed by atoms with E-state index in [1.165, 1.54) is 12.3 Å². The van der Waals surface area contributed by atoms with Crippen LogP contribution in [0.3, 0.4) is 0 Å². The van der Waals surface area contributed by atoms with Crippen LogP contribution in [-0.2, 0) is 20.1 Å². The van der Waals surface area contributed by atoms with Crippen molar-refractivity contribution < 1.29 is 14.0 Å². The predicted octanol–water partition coefficient (Wildman–Crippen LogP) is 2.90. The first-order valence-electron chi connectivity index (χ1n) is 10.8. The average molecular weight is 472 g/mol. The van der Waals surface area contributed by atoms with Crippen molar-refractivity contribution in [2.24, 2.45) is 12.8 Å². The van der Waals surface area contributed by atoms with Gasteiger partial charge in [-0.2, -0.15) is 15.5 Å². The molecule has 176 valence electrons. The monoisotopic (exact) mass is 472 g/mol. The summed E-state index contributed by atoms with van der Waals surface area (Å²) in [5.74, 6) is -1.19. The molecule has 0 aliphatic carbocycles. The van der Waals surface area contributed by atoms with E-state index in [2.05, 4.69) is 21.6 Å². The van der Waals surface area contributed by atoms with Gasteiger partial charge in [-0.15, -0.1) is 0 Å². The minimum absolute atomic E-state index is 0.100. The number of urea groups is 1. The molecule has 35 heavy (non-hydrogen) atoms. The van der Waals surface area contributed by atoms with Gasteiger partial charge in [0, 0.05) is 24.8 Å². The number of carbonyl (C=O) groups is 2. The summed E-state index contributed by atoms with van der Waals surface area (Å²) in [7, 11) is 1.70. The maximum Gasteiger partial charge on any atom is 0.322 e. The lowest BCUT2D eigenvalue weighted by Gasteiger charge is -2.28. The zero-order valence-electron chi connectivity index (χ0n) is 19.0. The standard InChI is InChI=1S/C24H21FN8O2/c1-13-7-16(4-3-14(13)10-26)29-24(35)32-5-6-33-20(12-32)21(23(27)34)22(30-33)15-8-18(25)17-11-28-31(2)19(17)9-15/h3-4,7-9,11H,5-6,12H2,1-2H3,(H2,27,34)(H,29,35). The Balaban J connectivity index is 1.47.